The number of morpholine rings is 1. The van der Waals surface area contributed by atoms with Crippen LogP contribution in [0.1, 0.15) is 21.5 Å². The molecule has 6 nitrogen and oxygen atoms in total. The van der Waals surface area contributed by atoms with E-state index in [1.54, 1.807) is 18.0 Å². The molecule has 0 radical (unpaired) electrons. The molecule has 4 rings (SSSR count). The van der Waals surface area contributed by atoms with Crippen LogP contribution in [0.4, 0.5) is 5.69 Å². The van der Waals surface area contributed by atoms with E-state index >= 15 is 0 Å². The average molecular weight is 391 g/mol. The van der Waals surface area contributed by atoms with E-state index in [-0.39, 0.29) is 18.4 Å². The highest BCUT2D eigenvalue weighted by atomic mass is 16.5. The Morgan fingerprint density at radius 1 is 1.07 bits per heavy atom. The number of carbonyl (C=O) groups is 2. The highest BCUT2D eigenvalue weighted by Gasteiger charge is 2.32. The minimum absolute atomic E-state index is 0.00525. The van der Waals surface area contributed by atoms with E-state index in [1.165, 1.54) is 10.6 Å². The molecular weight excluding hydrogens is 366 g/mol. The van der Waals surface area contributed by atoms with Crippen molar-refractivity contribution < 1.29 is 14.3 Å². The lowest BCUT2D eigenvalue weighted by molar-refractivity contribution is -0.130. The van der Waals surface area contributed by atoms with Gasteiger partial charge < -0.3 is 14.5 Å². The maximum absolute atomic E-state index is 12.7. The monoisotopic (exact) mass is 391 g/mol. The first kappa shape index (κ1) is 19.2. The van der Waals surface area contributed by atoms with Crippen LogP contribution >= 0.6 is 0 Å². The summed E-state index contributed by atoms with van der Waals surface area (Å²) in [6.45, 7) is 7.78. The van der Waals surface area contributed by atoms with E-state index < -0.39 is 0 Å². The van der Waals surface area contributed by atoms with Crippen LogP contribution in [0.5, 0.6) is 0 Å². The van der Waals surface area contributed by atoms with Crippen molar-refractivity contribution in [2.45, 2.75) is 6.54 Å². The van der Waals surface area contributed by atoms with Crippen LogP contribution < -0.4 is 4.90 Å². The normalized spacial score (nSPS) is 16.2. The van der Waals surface area contributed by atoms with Crippen molar-refractivity contribution in [2.24, 2.45) is 0 Å². The molecule has 0 spiro atoms. The van der Waals surface area contributed by atoms with Crippen molar-refractivity contribution >= 4 is 23.2 Å². The molecule has 2 amide bonds. The van der Waals surface area contributed by atoms with Gasteiger partial charge in [0.2, 0.25) is 5.91 Å². The van der Waals surface area contributed by atoms with Gasteiger partial charge in [0.25, 0.3) is 5.91 Å². The Labute approximate surface area is 171 Å². The SMILES string of the molecule is C=C1c2ccccc2C(=O)N1CC(=O)N(C)Cc1ccc(N2CCOCC2)cc1. The molecule has 1 fully saturated rings. The Kier molecular flexibility index (Phi) is 5.36. The third-order valence-corrected chi connectivity index (χ3v) is 5.49. The second-order valence-corrected chi connectivity index (χ2v) is 7.40. The second kappa shape index (κ2) is 8.09. The van der Waals surface area contributed by atoms with Gasteiger partial charge in [0.1, 0.15) is 6.54 Å². The number of hydrogen-bond donors (Lipinski definition) is 0. The molecule has 2 aromatic carbocycles. The molecule has 0 saturated carbocycles. The zero-order valence-corrected chi connectivity index (χ0v) is 16.6. The fourth-order valence-electron chi connectivity index (χ4n) is 3.75. The lowest BCUT2D eigenvalue weighted by Crippen LogP contribution is -2.37. The summed E-state index contributed by atoms with van der Waals surface area (Å²) in [5, 5.41) is 0. The molecule has 1 saturated heterocycles. The lowest BCUT2D eigenvalue weighted by atomic mass is 10.1. The lowest BCUT2D eigenvalue weighted by Gasteiger charge is -2.29. The number of fused-ring (bicyclic) bond motifs is 1. The van der Waals surface area contributed by atoms with Crippen molar-refractivity contribution in [1.29, 1.82) is 0 Å². The second-order valence-electron chi connectivity index (χ2n) is 7.40. The summed E-state index contributed by atoms with van der Waals surface area (Å²) in [4.78, 5) is 30.7. The quantitative estimate of drug-likeness (QED) is 0.786. The minimum atomic E-state index is -0.165. The molecule has 29 heavy (non-hydrogen) atoms. The Balaban J connectivity index is 1.36. The van der Waals surface area contributed by atoms with Gasteiger partial charge in [-0.25, -0.2) is 0 Å². The largest absolute Gasteiger partial charge is 0.378 e. The van der Waals surface area contributed by atoms with Gasteiger partial charge in [-0.3, -0.25) is 14.5 Å². The topological polar surface area (TPSA) is 53.1 Å². The van der Waals surface area contributed by atoms with Crippen molar-refractivity contribution in [1.82, 2.24) is 9.80 Å². The molecule has 150 valence electrons. The summed E-state index contributed by atoms with van der Waals surface area (Å²) in [7, 11) is 1.76. The molecule has 0 aliphatic carbocycles. The summed E-state index contributed by atoms with van der Waals surface area (Å²) in [5.74, 6) is -0.285. The van der Waals surface area contributed by atoms with Gasteiger partial charge in [0.15, 0.2) is 0 Å². The van der Waals surface area contributed by atoms with Gasteiger partial charge in [-0.2, -0.15) is 0 Å². The zero-order chi connectivity index (χ0) is 20.4. The highest BCUT2D eigenvalue weighted by Crippen LogP contribution is 2.30. The van der Waals surface area contributed by atoms with E-state index in [9.17, 15) is 9.59 Å². The van der Waals surface area contributed by atoms with E-state index in [2.05, 4.69) is 23.6 Å². The highest BCUT2D eigenvalue weighted by molar-refractivity contribution is 6.10. The molecule has 2 aromatic rings. The standard InChI is InChI=1S/C23H25N3O3/c1-17-20-5-3-4-6-21(20)23(28)26(17)16-22(27)24(2)15-18-7-9-19(10-8-18)25-11-13-29-14-12-25/h3-10H,1,11-16H2,2H3. The van der Waals surface area contributed by atoms with Gasteiger partial charge in [-0.15, -0.1) is 0 Å². The Morgan fingerprint density at radius 2 is 1.72 bits per heavy atom. The molecule has 2 aliphatic heterocycles. The number of nitrogens with zero attached hydrogens (tertiary/aromatic N) is 3. The third kappa shape index (κ3) is 3.89. The number of likely N-dealkylation sites (N-methyl/N-ethyl adjacent to an activating group) is 1. The number of benzene rings is 2. The molecule has 2 aliphatic rings. The fraction of sp³-hybridized carbons (Fsp3) is 0.304. The number of hydrogen-bond acceptors (Lipinski definition) is 4. The first-order valence-corrected chi connectivity index (χ1v) is 9.80. The number of carbonyl (C=O) groups excluding carboxylic acids is 2. The summed E-state index contributed by atoms with van der Waals surface area (Å²) >= 11 is 0. The predicted octanol–water partition coefficient (Wildman–Crippen LogP) is 2.61. The maximum Gasteiger partial charge on any atom is 0.259 e. The molecular formula is C23H25N3O3. The van der Waals surface area contributed by atoms with Gasteiger partial charge in [0.05, 0.1) is 13.2 Å². The van der Waals surface area contributed by atoms with Gasteiger partial charge >= 0.3 is 0 Å². The Morgan fingerprint density at radius 3 is 2.38 bits per heavy atom. The Bertz CT molecular complexity index is 898. The molecule has 0 unspecified atom stereocenters. The summed E-state index contributed by atoms with van der Waals surface area (Å²) in [6, 6.07) is 15.6. The molecule has 0 aromatic heterocycles. The van der Waals surface area contributed by atoms with Crippen LogP contribution in [0.15, 0.2) is 55.1 Å². The predicted molar refractivity (Wildman–Crippen MR) is 112 cm³/mol. The van der Waals surface area contributed by atoms with Crippen LogP contribution in [-0.4, -0.2) is 61.5 Å². The summed E-state index contributed by atoms with van der Waals surface area (Å²) in [6.07, 6.45) is 0. The maximum atomic E-state index is 12.7. The van der Waals surface area contributed by atoms with Crippen LogP contribution in [0.3, 0.4) is 0 Å². The van der Waals surface area contributed by atoms with Crippen LogP contribution in [0.2, 0.25) is 0 Å². The van der Waals surface area contributed by atoms with Gasteiger partial charge in [0, 0.05) is 49.2 Å². The third-order valence-electron chi connectivity index (χ3n) is 5.49. The molecule has 0 bridgehead atoms. The van der Waals surface area contributed by atoms with Crippen LogP contribution in [0, 0.1) is 0 Å². The summed E-state index contributed by atoms with van der Waals surface area (Å²) in [5.41, 5.74) is 4.20. The van der Waals surface area contributed by atoms with E-state index in [0.29, 0.717) is 17.8 Å². The van der Waals surface area contributed by atoms with Crippen molar-refractivity contribution in [3.8, 4) is 0 Å². The first-order valence-electron chi connectivity index (χ1n) is 9.80. The van der Waals surface area contributed by atoms with Crippen molar-refractivity contribution in [3.05, 3.63) is 71.8 Å². The molecule has 2 heterocycles. The van der Waals surface area contributed by atoms with E-state index in [0.717, 1.165) is 37.4 Å². The van der Waals surface area contributed by atoms with Gasteiger partial charge in [-0.05, 0) is 23.8 Å². The molecule has 0 atom stereocenters. The van der Waals surface area contributed by atoms with E-state index in [1.807, 2.05) is 30.3 Å². The van der Waals surface area contributed by atoms with Crippen LogP contribution in [-0.2, 0) is 16.1 Å². The molecule has 6 heteroatoms. The van der Waals surface area contributed by atoms with Crippen LogP contribution in [0.25, 0.3) is 5.70 Å². The smallest absolute Gasteiger partial charge is 0.259 e. The number of anilines is 1. The fourth-order valence-corrected chi connectivity index (χ4v) is 3.75. The zero-order valence-electron chi connectivity index (χ0n) is 16.6. The molecule has 0 N–H and O–H groups in total. The van der Waals surface area contributed by atoms with E-state index in [4.69, 9.17) is 4.74 Å². The van der Waals surface area contributed by atoms with Crippen molar-refractivity contribution in [2.75, 3.05) is 44.8 Å². The average Bonchev–Trinajstić information content (AvgIpc) is 3.00. The number of ether oxygens (including phenoxy) is 1. The minimum Gasteiger partial charge on any atom is -0.378 e. The van der Waals surface area contributed by atoms with Gasteiger partial charge in [-0.1, -0.05) is 36.9 Å². The number of rotatable bonds is 5. The first-order chi connectivity index (χ1) is 14.0. The van der Waals surface area contributed by atoms with Crippen molar-refractivity contribution in [3.63, 3.8) is 0 Å². The Hall–Kier alpha value is -3.12. The number of amides is 2. The summed E-state index contributed by atoms with van der Waals surface area (Å²) < 4.78 is 5.39.